The van der Waals surface area contributed by atoms with Gasteiger partial charge in [0.05, 0.1) is 7.11 Å². The normalized spacial score (nSPS) is 10.2. The molecule has 0 radical (unpaired) electrons. The molecule has 0 bridgehead atoms. The lowest BCUT2D eigenvalue weighted by Crippen LogP contribution is -2.21. The molecular formula is C22H20N4O5. The highest BCUT2D eigenvalue weighted by Gasteiger charge is 2.11. The number of benzene rings is 3. The second-order valence-electron chi connectivity index (χ2n) is 6.36. The van der Waals surface area contributed by atoms with Crippen molar-refractivity contribution in [3.8, 4) is 23.0 Å². The van der Waals surface area contributed by atoms with Crippen molar-refractivity contribution in [2.75, 3.05) is 7.11 Å². The Morgan fingerprint density at radius 2 is 1.23 bits per heavy atom. The minimum absolute atomic E-state index is 0.0521. The van der Waals surface area contributed by atoms with Crippen LogP contribution in [0.15, 0.2) is 66.7 Å². The van der Waals surface area contributed by atoms with Gasteiger partial charge in [-0.3, -0.25) is 19.8 Å². The van der Waals surface area contributed by atoms with E-state index in [-0.39, 0.29) is 11.4 Å². The molecule has 0 heterocycles. The molecule has 0 aromatic heterocycles. The summed E-state index contributed by atoms with van der Waals surface area (Å²) in [6.07, 6.45) is 0. The van der Waals surface area contributed by atoms with Gasteiger partial charge in [0.2, 0.25) is 5.91 Å². The molecule has 0 fully saturated rings. The van der Waals surface area contributed by atoms with E-state index in [2.05, 4.69) is 10.3 Å². The van der Waals surface area contributed by atoms with Crippen LogP contribution >= 0.6 is 0 Å². The zero-order chi connectivity index (χ0) is 22.4. The van der Waals surface area contributed by atoms with Crippen LogP contribution < -0.4 is 26.4 Å². The molecule has 2 amide bonds. The third-order valence-corrected chi connectivity index (χ3v) is 4.11. The number of rotatable bonds is 8. The number of amidine groups is 1. The zero-order valence-corrected chi connectivity index (χ0v) is 16.5. The Morgan fingerprint density at radius 3 is 1.65 bits per heavy atom. The number of primary amides is 1. The van der Waals surface area contributed by atoms with E-state index in [9.17, 15) is 9.59 Å². The molecule has 158 valence electrons. The van der Waals surface area contributed by atoms with Crippen molar-refractivity contribution >= 4 is 17.6 Å². The van der Waals surface area contributed by atoms with Gasteiger partial charge in [0, 0.05) is 22.8 Å². The molecule has 3 aromatic carbocycles. The van der Waals surface area contributed by atoms with E-state index in [4.69, 9.17) is 26.4 Å². The lowest BCUT2D eigenvalue weighted by molar-refractivity contribution is 0.0537. The Balaban J connectivity index is 1.82. The van der Waals surface area contributed by atoms with Crippen LogP contribution in [0.1, 0.15) is 26.3 Å². The molecule has 0 saturated carbocycles. The van der Waals surface area contributed by atoms with Crippen molar-refractivity contribution in [1.82, 2.24) is 5.48 Å². The van der Waals surface area contributed by atoms with Gasteiger partial charge >= 0.3 is 0 Å². The fourth-order valence-electron chi connectivity index (χ4n) is 2.63. The highest BCUT2D eigenvalue weighted by Crippen LogP contribution is 2.30. The number of nitrogens with one attached hydrogen (secondary N) is 2. The van der Waals surface area contributed by atoms with Crippen molar-refractivity contribution in [2.24, 2.45) is 11.5 Å². The Bertz CT molecular complexity index is 1110. The second-order valence-corrected chi connectivity index (χ2v) is 6.36. The largest absolute Gasteiger partial charge is 0.457 e. The number of nitrogens with two attached hydrogens (primary N) is 2. The molecule has 3 aromatic rings. The average Bonchev–Trinajstić information content (AvgIpc) is 2.74. The number of amides is 2. The van der Waals surface area contributed by atoms with Crippen molar-refractivity contribution in [3.63, 3.8) is 0 Å². The Kier molecular flexibility index (Phi) is 6.48. The smallest absolute Gasteiger partial charge is 0.274 e. The molecule has 31 heavy (non-hydrogen) atoms. The maximum atomic E-state index is 11.7. The molecule has 6 N–H and O–H groups in total. The molecule has 0 aliphatic rings. The first-order valence-corrected chi connectivity index (χ1v) is 9.04. The summed E-state index contributed by atoms with van der Waals surface area (Å²) in [4.78, 5) is 28.1. The summed E-state index contributed by atoms with van der Waals surface area (Å²) in [5.74, 6) is 0.478. The monoisotopic (exact) mass is 420 g/mol. The first-order valence-electron chi connectivity index (χ1n) is 9.04. The summed E-state index contributed by atoms with van der Waals surface area (Å²) in [7, 11) is 1.35. The summed E-state index contributed by atoms with van der Waals surface area (Å²) < 4.78 is 11.6. The molecule has 9 heteroatoms. The lowest BCUT2D eigenvalue weighted by Gasteiger charge is -2.12. The fourth-order valence-corrected chi connectivity index (χ4v) is 2.63. The van der Waals surface area contributed by atoms with Crippen LogP contribution in [0.5, 0.6) is 23.0 Å². The summed E-state index contributed by atoms with van der Waals surface area (Å²) in [6, 6.07) is 17.5. The molecule has 0 saturated heterocycles. The van der Waals surface area contributed by atoms with Crippen LogP contribution in [0.3, 0.4) is 0 Å². The van der Waals surface area contributed by atoms with Crippen LogP contribution in [-0.2, 0) is 4.84 Å². The van der Waals surface area contributed by atoms with Crippen molar-refractivity contribution in [1.29, 1.82) is 5.41 Å². The SMILES string of the molecule is CONC(=O)c1ccc(Oc2cc(Oc3ccc(C(=N)N)cc3)cc(C(N)=O)c2)cc1. The van der Waals surface area contributed by atoms with E-state index < -0.39 is 11.8 Å². The highest BCUT2D eigenvalue weighted by atomic mass is 16.6. The first kappa shape index (κ1) is 21.3. The Hall–Kier alpha value is -4.37. The van der Waals surface area contributed by atoms with Crippen LogP contribution in [0.2, 0.25) is 0 Å². The van der Waals surface area contributed by atoms with Gasteiger partial charge in [-0.05, 0) is 60.7 Å². The molecule has 3 rings (SSSR count). The minimum Gasteiger partial charge on any atom is -0.457 e. The van der Waals surface area contributed by atoms with E-state index in [0.29, 0.717) is 34.1 Å². The molecule has 0 atom stereocenters. The molecule has 9 nitrogen and oxygen atoms in total. The standard InChI is InChI=1S/C22H20N4O5/c1-29-26-22(28)14-4-8-17(9-5-14)31-19-11-15(21(25)27)10-18(12-19)30-16-6-2-13(3-7-16)20(23)24/h2-12H,1H3,(H3,23,24)(H2,25,27)(H,26,28). The molecule has 0 aliphatic carbocycles. The maximum Gasteiger partial charge on any atom is 0.274 e. The third-order valence-electron chi connectivity index (χ3n) is 4.11. The van der Waals surface area contributed by atoms with Crippen LogP contribution in [0, 0.1) is 5.41 Å². The summed E-state index contributed by atoms with van der Waals surface area (Å²) >= 11 is 0. The minimum atomic E-state index is -0.645. The van der Waals surface area contributed by atoms with Crippen molar-refractivity contribution < 1.29 is 23.9 Å². The van der Waals surface area contributed by atoms with Gasteiger partial charge < -0.3 is 20.9 Å². The zero-order valence-electron chi connectivity index (χ0n) is 16.5. The average molecular weight is 420 g/mol. The van der Waals surface area contributed by atoms with Gasteiger partial charge in [0.1, 0.15) is 28.8 Å². The van der Waals surface area contributed by atoms with E-state index in [0.717, 1.165) is 0 Å². The maximum absolute atomic E-state index is 11.7. The number of hydrogen-bond donors (Lipinski definition) is 4. The quantitative estimate of drug-likeness (QED) is 0.250. The van der Waals surface area contributed by atoms with E-state index in [1.807, 2.05) is 0 Å². The van der Waals surface area contributed by atoms with Gasteiger partial charge in [-0.1, -0.05) is 0 Å². The predicted octanol–water partition coefficient (Wildman–Crippen LogP) is 2.95. The van der Waals surface area contributed by atoms with E-state index >= 15 is 0 Å². The number of hydrogen-bond acceptors (Lipinski definition) is 6. The Morgan fingerprint density at radius 1 is 0.742 bits per heavy atom. The summed E-state index contributed by atoms with van der Waals surface area (Å²) in [5.41, 5.74) is 14.2. The van der Waals surface area contributed by atoms with Gasteiger partial charge in [-0.15, -0.1) is 0 Å². The van der Waals surface area contributed by atoms with Gasteiger partial charge in [-0.2, -0.15) is 0 Å². The Labute approximate surface area is 178 Å². The lowest BCUT2D eigenvalue weighted by atomic mass is 10.1. The number of nitrogen functional groups attached to an aromatic ring is 1. The van der Waals surface area contributed by atoms with Crippen molar-refractivity contribution in [3.05, 3.63) is 83.4 Å². The molecule has 0 spiro atoms. The molecule has 0 unspecified atom stereocenters. The topological polar surface area (TPSA) is 150 Å². The molecule has 0 aliphatic heterocycles. The first-order chi connectivity index (χ1) is 14.9. The predicted molar refractivity (Wildman–Crippen MR) is 113 cm³/mol. The highest BCUT2D eigenvalue weighted by molar-refractivity contribution is 5.95. The van der Waals surface area contributed by atoms with Gasteiger partial charge in [0.25, 0.3) is 5.91 Å². The third kappa shape index (κ3) is 5.58. The van der Waals surface area contributed by atoms with Gasteiger partial charge in [-0.25, -0.2) is 5.48 Å². The second kappa shape index (κ2) is 9.42. The fraction of sp³-hybridized carbons (Fsp3) is 0.0455. The number of carbonyl (C=O) groups excluding carboxylic acids is 2. The summed E-state index contributed by atoms with van der Waals surface area (Å²) in [5, 5.41) is 7.44. The number of carbonyl (C=O) groups is 2. The molecular weight excluding hydrogens is 400 g/mol. The number of ether oxygens (including phenoxy) is 2. The summed E-state index contributed by atoms with van der Waals surface area (Å²) in [6.45, 7) is 0. The van der Waals surface area contributed by atoms with Crippen LogP contribution in [0.25, 0.3) is 0 Å². The van der Waals surface area contributed by atoms with Gasteiger partial charge in [0.15, 0.2) is 0 Å². The van der Waals surface area contributed by atoms with Crippen LogP contribution in [-0.4, -0.2) is 24.8 Å². The van der Waals surface area contributed by atoms with E-state index in [1.165, 1.54) is 19.2 Å². The number of hydroxylamine groups is 1. The van der Waals surface area contributed by atoms with Crippen molar-refractivity contribution in [2.45, 2.75) is 0 Å². The van der Waals surface area contributed by atoms with Crippen LogP contribution in [0.4, 0.5) is 0 Å². The van der Waals surface area contributed by atoms with E-state index in [1.54, 1.807) is 54.6 Å².